The van der Waals surface area contributed by atoms with Gasteiger partial charge in [-0.2, -0.15) is 0 Å². The predicted octanol–water partition coefficient (Wildman–Crippen LogP) is 0.653. The summed E-state index contributed by atoms with van der Waals surface area (Å²) in [5, 5.41) is 3.44. The highest BCUT2D eigenvalue weighted by Gasteiger charge is 2.29. The molecule has 1 aromatic rings. The second-order valence-corrected chi connectivity index (χ2v) is 5.80. The summed E-state index contributed by atoms with van der Waals surface area (Å²) in [4.78, 5) is 13.8. The Hall–Kier alpha value is -1.20. The molecule has 19 heavy (non-hydrogen) atoms. The monoisotopic (exact) mass is 261 g/mol. The van der Waals surface area contributed by atoms with E-state index in [1.807, 2.05) is 0 Å². The van der Waals surface area contributed by atoms with E-state index in [4.69, 9.17) is 0 Å². The lowest BCUT2D eigenvalue weighted by molar-refractivity contribution is 0.371. The van der Waals surface area contributed by atoms with Crippen molar-refractivity contribution < 1.29 is 0 Å². The maximum atomic E-state index is 4.59. The fourth-order valence-corrected chi connectivity index (χ4v) is 3.23. The van der Waals surface area contributed by atoms with Gasteiger partial charge < -0.3 is 15.1 Å². The molecular formula is C14H23N5. The van der Waals surface area contributed by atoms with Crippen molar-refractivity contribution in [3.63, 3.8) is 0 Å². The van der Waals surface area contributed by atoms with Crippen molar-refractivity contribution >= 4 is 5.82 Å². The van der Waals surface area contributed by atoms with Crippen molar-refractivity contribution in [2.24, 2.45) is 0 Å². The Balaban J connectivity index is 1.88. The number of likely N-dealkylation sites (N-methyl/N-ethyl adjacent to an activating group) is 1. The van der Waals surface area contributed by atoms with Gasteiger partial charge in [-0.25, -0.2) is 9.97 Å². The number of aromatic nitrogens is 2. The van der Waals surface area contributed by atoms with Crippen molar-refractivity contribution in [2.45, 2.75) is 31.8 Å². The summed E-state index contributed by atoms with van der Waals surface area (Å²) in [5.41, 5.74) is 2.55. The molecular weight excluding hydrogens is 238 g/mol. The highest BCUT2D eigenvalue weighted by Crippen LogP contribution is 2.29. The molecule has 2 aliphatic heterocycles. The van der Waals surface area contributed by atoms with Crippen LogP contribution in [0.25, 0.3) is 0 Å². The summed E-state index contributed by atoms with van der Waals surface area (Å²) in [6.45, 7) is 4.18. The minimum Gasteiger partial charge on any atom is -0.352 e. The lowest BCUT2D eigenvalue weighted by atomic mass is 10.1. The molecule has 104 valence electrons. The van der Waals surface area contributed by atoms with E-state index in [-0.39, 0.29) is 0 Å². The number of nitrogens with one attached hydrogen (secondary N) is 1. The Morgan fingerprint density at radius 3 is 3.16 bits per heavy atom. The molecule has 1 aromatic heterocycles. The van der Waals surface area contributed by atoms with Crippen LogP contribution in [0.1, 0.15) is 24.1 Å². The van der Waals surface area contributed by atoms with Crippen LogP contribution in [0.3, 0.4) is 0 Å². The predicted molar refractivity (Wildman–Crippen MR) is 76.4 cm³/mol. The topological polar surface area (TPSA) is 44.3 Å². The van der Waals surface area contributed by atoms with Crippen LogP contribution in [0.2, 0.25) is 0 Å². The van der Waals surface area contributed by atoms with Gasteiger partial charge in [0, 0.05) is 44.2 Å². The lowest BCUT2D eigenvalue weighted by Gasteiger charge is -2.31. The van der Waals surface area contributed by atoms with Crippen LogP contribution < -0.4 is 10.2 Å². The van der Waals surface area contributed by atoms with Crippen molar-refractivity contribution in [1.82, 2.24) is 20.2 Å². The first-order valence-corrected chi connectivity index (χ1v) is 7.20. The van der Waals surface area contributed by atoms with E-state index in [2.05, 4.69) is 39.2 Å². The molecule has 0 aliphatic carbocycles. The Morgan fingerprint density at radius 1 is 1.42 bits per heavy atom. The zero-order valence-electron chi connectivity index (χ0n) is 11.9. The maximum Gasteiger partial charge on any atom is 0.137 e. The highest BCUT2D eigenvalue weighted by atomic mass is 15.3. The molecule has 3 heterocycles. The Labute approximate surface area is 115 Å². The smallest absolute Gasteiger partial charge is 0.137 e. The fraction of sp³-hybridized carbons (Fsp3) is 0.714. The molecule has 5 nitrogen and oxygen atoms in total. The summed E-state index contributed by atoms with van der Waals surface area (Å²) >= 11 is 0. The van der Waals surface area contributed by atoms with Crippen LogP contribution >= 0.6 is 0 Å². The first-order chi connectivity index (χ1) is 9.25. The molecule has 0 radical (unpaired) electrons. The number of fused-ring (bicyclic) bond motifs is 1. The van der Waals surface area contributed by atoms with Gasteiger partial charge in [0.2, 0.25) is 0 Å². The number of nitrogens with zero attached hydrogens (tertiary/aromatic N) is 4. The summed E-state index contributed by atoms with van der Waals surface area (Å²) in [6.07, 6.45) is 5.30. The summed E-state index contributed by atoms with van der Waals surface area (Å²) in [6, 6.07) is 0.593. The fourth-order valence-electron chi connectivity index (χ4n) is 3.23. The third kappa shape index (κ3) is 2.58. The van der Waals surface area contributed by atoms with Crippen LogP contribution in [-0.2, 0) is 13.0 Å². The number of hydrogen-bond donors (Lipinski definition) is 1. The van der Waals surface area contributed by atoms with E-state index in [9.17, 15) is 0 Å². The zero-order chi connectivity index (χ0) is 13.2. The average Bonchev–Trinajstić information content (AvgIpc) is 2.85. The summed E-state index contributed by atoms with van der Waals surface area (Å²) in [7, 11) is 4.29. The van der Waals surface area contributed by atoms with Crippen LogP contribution in [0, 0.1) is 0 Å². The molecule has 0 aromatic carbocycles. The molecule has 0 amide bonds. The minimum absolute atomic E-state index is 0.593. The second kappa shape index (κ2) is 5.43. The van der Waals surface area contributed by atoms with Crippen LogP contribution in [0.5, 0.6) is 0 Å². The van der Waals surface area contributed by atoms with Gasteiger partial charge in [-0.15, -0.1) is 0 Å². The quantitative estimate of drug-likeness (QED) is 0.865. The Bertz CT molecular complexity index is 445. The maximum absolute atomic E-state index is 4.59. The van der Waals surface area contributed by atoms with Gasteiger partial charge >= 0.3 is 0 Å². The van der Waals surface area contributed by atoms with Crippen molar-refractivity contribution in [3.05, 3.63) is 17.6 Å². The molecule has 0 saturated carbocycles. The van der Waals surface area contributed by atoms with E-state index in [1.165, 1.54) is 29.9 Å². The molecule has 3 rings (SSSR count). The van der Waals surface area contributed by atoms with Crippen molar-refractivity contribution in [3.8, 4) is 0 Å². The van der Waals surface area contributed by atoms with E-state index < -0.39 is 0 Å². The highest BCUT2D eigenvalue weighted by molar-refractivity contribution is 5.51. The Morgan fingerprint density at radius 2 is 2.32 bits per heavy atom. The largest absolute Gasteiger partial charge is 0.352 e. The molecule has 0 spiro atoms. The van der Waals surface area contributed by atoms with E-state index in [0.717, 1.165) is 32.6 Å². The first-order valence-electron chi connectivity index (χ1n) is 7.20. The molecule has 1 saturated heterocycles. The van der Waals surface area contributed by atoms with Crippen LogP contribution in [0.15, 0.2) is 6.33 Å². The van der Waals surface area contributed by atoms with Gasteiger partial charge in [0.05, 0.1) is 5.69 Å². The van der Waals surface area contributed by atoms with Gasteiger partial charge in [0.15, 0.2) is 0 Å². The number of anilines is 1. The van der Waals surface area contributed by atoms with E-state index in [0.29, 0.717) is 6.04 Å². The normalized spacial score (nSPS) is 22.9. The Kier molecular flexibility index (Phi) is 3.66. The molecule has 5 heteroatoms. The SMILES string of the molecule is CN(C)CC1CCCN1c1ncnc2c1CNCC2. The average molecular weight is 261 g/mol. The summed E-state index contributed by atoms with van der Waals surface area (Å²) < 4.78 is 0. The number of hydrogen-bond acceptors (Lipinski definition) is 5. The van der Waals surface area contributed by atoms with Gasteiger partial charge in [0.1, 0.15) is 12.1 Å². The van der Waals surface area contributed by atoms with Crippen molar-refractivity contribution in [2.75, 3.05) is 38.6 Å². The first kappa shape index (κ1) is 12.8. The second-order valence-electron chi connectivity index (χ2n) is 5.80. The lowest BCUT2D eigenvalue weighted by Crippen LogP contribution is -2.39. The molecule has 1 fully saturated rings. The summed E-state index contributed by atoms with van der Waals surface area (Å²) in [5.74, 6) is 1.17. The van der Waals surface area contributed by atoms with Gasteiger partial charge in [-0.1, -0.05) is 0 Å². The van der Waals surface area contributed by atoms with E-state index >= 15 is 0 Å². The standard InChI is InChI=1S/C14H23N5/c1-18(2)9-11-4-3-7-19(11)14-12-8-15-6-5-13(12)16-10-17-14/h10-11,15H,3-9H2,1-2H3. The van der Waals surface area contributed by atoms with Gasteiger partial charge in [-0.05, 0) is 26.9 Å². The van der Waals surface area contributed by atoms with Crippen molar-refractivity contribution in [1.29, 1.82) is 0 Å². The van der Waals surface area contributed by atoms with Gasteiger partial charge in [-0.3, -0.25) is 0 Å². The number of rotatable bonds is 3. The van der Waals surface area contributed by atoms with Crippen LogP contribution in [0.4, 0.5) is 5.82 Å². The molecule has 1 N–H and O–H groups in total. The molecule has 1 atom stereocenters. The van der Waals surface area contributed by atoms with E-state index in [1.54, 1.807) is 6.33 Å². The molecule has 2 aliphatic rings. The zero-order valence-corrected chi connectivity index (χ0v) is 11.9. The van der Waals surface area contributed by atoms with Gasteiger partial charge in [0.25, 0.3) is 0 Å². The minimum atomic E-state index is 0.593. The third-order valence-electron chi connectivity index (χ3n) is 4.08. The molecule has 1 unspecified atom stereocenters. The third-order valence-corrected chi connectivity index (χ3v) is 4.08. The molecule has 0 bridgehead atoms. The van der Waals surface area contributed by atoms with Crippen LogP contribution in [-0.4, -0.2) is 54.6 Å².